The van der Waals surface area contributed by atoms with Gasteiger partial charge in [-0.3, -0.25) is 4.72 Å². The van der Waals surface area contributed by atoms with Gasteiger partial charge in [-0.2, -0.15) is 0 Å². The smallest absolute Gasteiger partial charge is 0.338 e. The van der Waals surface area contributed by atoms with Gasteiger partial charge in [0.1, 0.15) is 0 Å². The number of aryl methyl sites for hydroxylation is 1. The lowest BCUT2D eigenvalue weighted by atomic mass is 10.2. The Morgan fingerprint density at radius 2 is 1.83 bits per heavy atom. The molecular formula is C16H16ClNO4S. The Labute approximate surface area is 140 Å². The summed E-state index contributed by atoms with van der Waals surface area (Å²) in [6.45, 7) is 3.72. The van der Waals surface area contributed by atoms with Gasteiger partial charge < -0.3 is 4.74 Å². The molecule has 0 amide bonds. The van der Waals surface area contributed by atoms with Gasteiger partial charge in [0.15, 0.2) is 0 Å². The molecule has 0 bridgehead atoms. The molecule has 5 nitrogen and oxygen atoms in total. The number of hydrogen-bond acceptors (Lipinski definition) is 4. The molecule has 0 saturated carbocycles. The number of ether oxygens (including phenoxy) is 1. The molecule has 1 N–H and O–H groups in total. The van der Waals surface area contributed by atoms with Crippen LogP contribution in [0.3, 0.4) is 0 Å². The number of benzene rings is 2. The van der Waals surface area contributed by atoms with Gasteiger partial charge in [0.05, 0.1) is 22.8 Å². The molecule has 0 unspecified atom stereocenters. The monoisotopic (exact) mass is 353 g/mol. The molecule has 0 saturated heterocycles. The van der Waals surface area contributed by atoms with E-state index < -0.39 is 16.0 Å². The Morgan fingerprint density at radius 3 is 2.39 bits per heavy atom. The van der Waals surface area contributed by atoms with E-state index >= 15 is 0 Å². The molecule has 2 aromatic carbocycles. The van der Waals surface area contributed by atoms with Crippen LogP contribution in [0.15, 0.2) is 47.4 Å². The number of nitrogens with one attached hydrogen (secondary N) is 1. The Hall–Kier alpha value is -2.05. The average Bonchev–Trinajstić information content (AvgIpc) is 2.50. The van der Waals surface area contributed by atoms with E-state index in [1.165, 1.54) is 24.3 Å². The SMILES string of the molecule is CCOC(=O)c1ccc(S(=O)(=O)Nc2ccc(Cl)cc2C)cc1. The fraction of sp³-hybridized carbons (Fsp3) is 0.188. The molecule has 23 heavy (non-hydrogen) atoms. The molecule has 0 fully saturated rings. The minimum Gasteiger partial charge on any atom is -0.462 e. The quantitative estimate of drug-likeness (QED) is 0.833. The van der Waals surface area contributed by atoms with Gasteiger partial charge in [0, 0.05) is 5.02 Å². The molecule has 0 aliphatic heterocycles. The van der Waals surface area contributed by atoms with E-state index in [0.29, 0.717) is 21.8 Å². The van der Waals surface area contributed by atoms with Gasteiger partial charge in [0.25, 0.3) is 10.0 Å². The molecule has 0 heterocycles. The molecule has 7 heteroatoms. The Bertz CT molecular complexity index is 816. The maximum absolute atomic E-state index is 12.4. The summed E-state index contributed by atoms with van der Waals surface area (Å²) in [6, 6.07) is 10.4. The van der Waals surface area contributed by atoms with Crippen LogP contribution in [0.5, 0.6) is 0 Å². The minimum absolute atomic E-state index is 0.0555. The number of carbonyl (C=O) groups excluding carboxylic acids is 1. The van der Waals surface area contributed by atoms with Crippen molar-refractivity contribution in [2.75, 3.05) is 11.3 Å². The third-order valence-corrected chi connectivity index (χ3v) is 4.73. The lowest BCUT2D eigenvalue weighted by Crippen LogP contribution is -2.14. The van der Waals surface area contributed by atoms with E-state index in [9.17, 15) is 13.2 Å². The van der Waals surface area contributed by atoms with E-state index in [2.05, 4.69) is 4.72 Å². The van der Waals surface area contributed by atoms with Crippen LogP contribution in [0, 0.1) is 6.92 Å². The number of sulfonamides is 1. The molecule has 122 valence electrons. The first-order valence-corrected chi connectivity index (χ1v) is 8.76. The van der Waals surface area contributed by atoms with Gasteiger partial charge in [-0.1, -0.05) is 11.6 Å². The maximum Gasteiger partial charge on any atom is 0.338 e. The first-order valence-electron chi connectivity index (χ1n) is 6.89. The highest BCUT2D eigenvalue weighted by atomic mass is 35.5. The predicted molar refractivity (Wildman–Crippen MR) is 89.4 cm³/mol. The molecule has 0 radical (unpaired) electrons. The second-order valence-electron chi connectivity index (χ2n) is 4.81. The zero-order valence-electron chi connectivity index (χ0n) is 12.7. The summed E-state index contributed by atoms with van der Waals surface area (Å²) in [5.41, 5.74) is 1.46. The van der Waals surface area contributed by atoms with Crippen molar-refractivity contribution >= 4 is 33.3 Å². The third kappa shape index (κ3) is 4.24. The van der Waals surface area contributed by atoms with Crippen LogP contribution in [0.25, 0.3) is 0 Å². The van der Waals surface area contributed by atoms with Crippen LogP contribution in [0.1, 0.15) is 22.8 Å². The number of rotatable bonds is 5. The number of hydrogen-bond donors (Lipinski definition) is 1. The van der Waals surface area contributed by atoms with E-state index in [4.69, 9.17) is 16.3 Å². The lowest BCUT2D eigenvalue weighted by Gasteiger charge is -2.11. The van der Waals surface area contributed by atoms with Gasteiger partial charge >= 0.3 is 5.97 Å². The minimum atomic E-state index is -3.75. The summed E-state index contributed by atoms with van der Waals surface area (Å²) >= 11 is 5.86. The summed E-state index contributed by atoms with van der Waals surface area (Å²) in [5.74, 6) is -0.488. The second-order valence-corrected chi connectivity index (χ2v) is 6.93. The van der Waals surface area contributed by atoms with Crippen LogP contribution < -0.4 is 4.72 Å². The van der Waals surface area contributed by atoms with E-state index in [0.717, 1.165) is 0 Å². The van der Waals surface area contributed by atoms with Crippen molar-refractivity contribution in [3.8, 4) is 0 Å². The van der Waals surface area contributed by atoms with Crippen molar-refractivity contribution in [1.29, 1.82) is 0 Å². The normalized spacial score (nSPS) is 11.1. The number of esters is 1. The molecule has 0 aromatic heterocycles. The molecule has 0 atom stereocenters. The van der Waals surface area contributed by atoms with Gasteiger partial charge in [-0.15, -0.1) is 0 Å². The Kier molecular flexibility index (Phi) is 5.28. The Balaban J connectivity index is 2.24. The highest BCUT2D eigenvalue weighted by Gasteiger charge is 2.16. The van der Waals surface area contributed by atoms with Crippen LogP contribution in [-0.4, -0.2) is 21.0 Å². The largest absolute Gasteiger partial charge is 0.462 e. The summed E-state index contributed by atoms with van der Waals surface area (Å²) in [6.07, 6.45) is 0. The van der Waals surface area contributed by atoms with E-state index in [1.807, 2.05) is 0 Å². The van der Waals surface area contributed by atoms with Crippen molar-refractivity contribution in [3.05, 3.63) is 58.6 Å². The first-order chi connectivity index (χ1) is 10.8. The first kappa shape index (κ1) is 17.3. The highest BCUT2D eigenvalue weighted by Crippen LogP contribution is 2.23. The average molecular weight is 354 g/mol. The van der Waals surface area contributed by atoms with Crippen molar-refractivity contribution in [2.45, 2.75) is 18.7 Å². The van der Waals surface area contributed by atoms with E-state index in [1.54, 1.807) is 32.0 Å². The maximum atomic E-state index is 12.4. The van der Waals surface area contributed by atoms with Gasteiger partial charge in [-0.05, 0) is 61.9 Å². The number of anilines is 1. The third-order valence-electron chi connectivity index (χ3n) is 3.11. The molecule has 0 spiro atoms. The van der Waals surface area contributed by atoms with Crippen molar-refractivity contribution < 1.29 is 17.9 Å². The summed E-state index contributed by atoms with van der Waals surface area (Å²) in [7, 11) is -3.75. The second kappa shape index (κ2) is 7.02. The van der Waals surface area contributed by atoms with Crippen molar-refractivity contribution in [2.24, 2.45) is 0 Å². The van der Waals surface area contributed by atoms with Crippen LogP contribution in [0.4, 0.5) is 5.69 Å². The molecule has 2 rings (SSSR count). The summed E-state index contributed by atoms with van der Waals surface area (Å²) in [5, 5.41) is 0.532. The zero-order chi connectivity index (χ0) is 17.0. The molecule has 2 aromatic rings. The van der Waals surface area contributed by atoms with Crippen LogP contribution >= 0.6 is 11.6 Å². The number of carbonyl (C=O) groups is 1. The molecule has 0 aliphatic rings. The highest BCUT2D eigenvalue weighted by molar-refractivity contribution is 7.92. The fourth-order valence-electron chi connectivity index (χ4n) is 1.93. The lowest BCUT2D eigenvalue weighted by molar-refractivity contribution is 0.0526. The van der Waals surface area contributed by atoms with Crippen molar-refractivity contribution in [1.82, 2.24) is 0 Å². The molecule has 0 aliphatic carbocycles. The predicted octanol–water partition coefficient (Wildman–Crippen LogP) is 3.63. The van der Waals surface area contributed by atoms with Crippen LogP contribution in [0.2, 0.25) is 5.02 Å². The summed E-state index contributed by atoms with van der Waals surface area (Å²) < 4.78 is 32.1. The van der Waals surface area contributed by atoms with Crippen LogP contribution in [-0.2, 0) is 14.8 Å². The van der Waals surface area contributed by atoms with E-state index in [-0.39, 0.29) is 11.5 Å². The van der Waals surface area contributed by atoms with Gasteiger partial charge in [0.2, 0.25) is 0 Å². The molecular weight excluding hydrogens is 338 g/mol. The summed E-state index contributed by atoms with van der Waals surface area (Å²) in [4.78, 5) is 11.6. The number of halogens is 1. The topological polar surface area (TPSA) is 72.5 Å². The Morgan fingerprint density at radius 1 is 1.17 bits per heavy atom. The standard InChI is InChI=1S/C16H16ClNO4S/c1-3-22-16(19)12-4-7-14(8-5-12)23(20,21)18-15-9-6-13(17)10-11(15)2/h4-10,18H,3H2,1-2H3. The zero-order valence-corrected chi connectivity index (χ0v) is 14.2. The fourth-order valence-corrected chi connectivity index (χ4v) is 3.29. The van der Waals surface area contributed by atoms with Crippen molar-refractivity contribution in [3.63, 3.8) is 0 Å². The van der Waals surface area contributed by atoms with Gasteiger partial charge in [-0.25, -0.2) is 13.2 Å².